The molecule has 0 fully saturated rings. The summed E-state index contributed by atoms with van der Waals surface area (Å²) in [7, 11) is 0. The minimum atomic E-state index is -0.134. The fourth-order valence-electron chi connectivity index (χ4n) is 2.26. The van der Waals surface area contributed by atoms with Crippen molar-refractivity contribution in [1.29, 1.82) is 0 Å². The van der Waals surface area contributed by atoms with E-state index >= 15 is 0 Å². The third-order valence-electron chi connectivity index (χ3n) is 3.46. The van der Waals surface area contributed by atoms with E-state index in [4.69, 9.17) is 16.3 Å². The van der Waals surface area contributed by atoms with Crippen LogP contribution in [-0.4, -0.2) is 20.7 Å². The fraction of sp³-hybridized carbons (Fsp3) is 0.158. The zero-order chi connectivity index (χ0) is 17.8. The highest BCUT2D eigenvalue weighted by Gasteiger charge is 2.12. The van der Waals surface area contributed by atoms with Crippen LogP contribution in [0.15, 0.2) is 48.8 Å². The van der Waals surface area contributed by atoms with Gasteiger partial charge in [0.1, 0.15) is 17.2 Å². The molecule has 0 amide bonds. The van der Waals surface area contributed by atoms with Crippen molar-refractivity contribution in [2.75, 3.05) is 0 Å². The summed E-state index contributed by atoms with van der Waals surface area (Å²) in [5, 5.41) is 0.535. The number of hydrogen-bond acceptors (Lipinski definition) is 5. The van der Waals surface area contributed by atoms with Gasteiger partial charge in [0, 0.05) is 35.4 Å². The highest BCUT2D eigenvalue weighted by molar-refractivity contribution is 6.30. The van der Waals surface area contributed by atoms with E-state index in [0.29, 0.717) is 33.6 Å². The first-order valence-corrected chi connectivity index (χ1v) is 8.10. The first kappa shape index (κ1) is 17.0. The maximum absolute atomic E-state index is 12.5. The number of carbonyl (C=O) groups is 1. The Labute approximate surface area is 150 Å². The van der Waals surface area contributed by atoms with Gasteiger partial charge >= 0.3 is 0 Å². The van der Waals surface area contributed by atoms with Gasteiger partial charge < -0.3 is 4.74 Å². The summed E-state index contributed by atoms with van der Waals surface area (Å²) in [6.45, 7) is 3.72. The molecule has 3 heterocycles. The van der Waals surface area contributed by atoms with Crippen molar-refractivity contribution in [1.82, 2.24) is 15.0 Å². The van der Waals surface area contributed by atoms with Crippen molar-refractivity contribution < 1.29 is 9.53 Å². The normalized spacial score (nSPS) is 10.5. The lowest BCUT2D eigenvalue weighted by Crippen LogP contribution is -2.08. The van der Waals surface area contributed by atoms with Gasteiger partial charge in [-0.05, 0) is 38.1 Å². The molecular formula is C19H16ClN3O2. The Hall–Kier alpha value is -2.79. The number of ether oxygens (including phenoxy) is 1. The average Bonchev–Trinajstić information content (AvgIpc) is 2.58. The van der Waals surface area contributed by atoms with Crippen LogP contribution in [0.3, 0.4) is 0 Å². The van der Waals surface area contributed by atoms with Crippen LogP contribution in [0.25, 0.3) is 0 Å². The van der Waals surface area contributed by atoms with Crippen LogP contribution in [-0.2, 0) is 6.42 Å². The second-order valence-electron chi connectivity index (χ2n) is 5.63. The number of halogens is 1. The van der Waals surface area contributed by atoms with Crippen LogP contribution in [0.2, 0.25) is 5.02 Å². The van der Waals surface area contributed by atoms with E-state index in [2.05, 4.69) is 15.0 Å². The van der Waals surface area contributed by atoms with Gasteiger partial charge in [0.25, 0.3) is 0 Å². The third kappa shape index (κ3) is 4.61. The van der Waals surface area contributed by atoms with Crippen molar-refractivity contribution in [2.45, 2.75) is 20.3 Å². The molecule has 6 heteroatoms. The quantitative estimate of drug-likeness (QED) is 0.637. The lowest BCUT2D eigenvalue weighted by Gasteiger charge is -2.08. The van der Waals surface area contributed by atoms with Crippen LogP contribution >= 0.6 is 11.6 Å². The smallest absolute Gasteiger partial charge is 0.187 e. The number of nitrogens with zero attached hydrogens (tertiary/aromatic N) is 3. The molecule has 0 unspecified atom stereocenters. The van der Waals surface area contributed by atoms with E-state index in [9.17, 15) is 4.79 Å². The second kappa shape index (κ2) is 7.40. The Morgan fingerprint density at radius 1 is 1.00 bits per heavy atom. The number of pyridine rings is 3. The maximum atomic E-state index is 12.5. The molecule has 0 aliphatic carbocycles. The summed E-state index contributed by atoms with van der Waals surface area (Å²) in [5.74, 6) is 1.02. The minimum Gasteiger partial charge on any atom is -0.456 e. The summed E-state index contributed by atoms with van der Waals surface area (Å²) in [5.41, 5.74) is 2.59. The molecule has 25 heavy (non-hydrogen) atoms. The SMILES string of the molecule is Cc1ccc(Oc2cc(C)nc(C(=O)Cc3ccc(Cl)cn3)c2)cn1. The highest BCUT2D eigenvalue weighted by atomic mass is 35.5. The predicted octanol–water partition coefficient (Wildman–Crippen LogP) is 4.36. The lowest BCUT2D eigenvalue weighted by atomic mass is 10.1. The molecule has 3 aromatic heterocycles. The number of hydrogen-bond donors (Lipinski definition) is 0. The summed E-state index contributed by atoms with van der Waals surface area (Å²) >= 11 is 5.81. The van der Waals surface area contributed by atoms with Gasteiger partial charge in [-0.2, -0.15) is 0 Å². The number of rotatable bonds is 5. The van der Waals surface area contributed by atoms with Crippen LogP contribution < -0.4 is 4.74 Å². The molecule has 0 aromatic carbocycles. The lowest BCUT2D eigenvalue weighted by molar-refractivity contribution is 0.0986. The molecule has 0 aliphatic heterocycles. The third-order valence-corrected chi connectivity index (χ3v) is 3.69. The molecule has 0 saturated heterocycles. The highest BCUT2D eigenvalue weighted by Crippen LogP contribution is 2.22. The van der Waals surface area contributed by atoms with Gasteiger partial charge in [-0.15, -0.1) is 0 Å². The topological polar surface area (TPSA) is 65.0 Å². The van der Waals surface area contributed by atoms with Gasteiger partial charge in [0.15, 0.2) is 5.78 Å². The number of aromatic nitrogens is 3. The van der Waals surface area contributed by atoms with Crippen molar-refractivity contribution in [3.05, 3.63) is 76.6 Å². The van der Waals surface area contributed by atoms with Crippen molar-refractivity contribution >= 4 is 17.4 Å². The Kier molecular flexibility index (Phi) is 5.05. The molecule has 126 valence electrons. The zero-order valence-electron chi connectivity index (χ0n) is 13.9. The molecular weight excluding hydrogens is 338 g/mol. The monoisotopic (exact) mass is 353 g/mol. The zero-order valence-corrected chi connectivity index (χ0v) is 14.6. The molecule has 0 atom stereocenters. The van der Waals surface area contributed by atoms with Crippen LogP contribution in [0.1, 0.15) is 27.6 Å². The first-order valence-electron chi connectivity index (χ1n) is 7.72. The van der Waals surface area contributed by atoms with E-state index in [0.717, 1.165) is 5.69 Å². The molecule has 0 aliphatic rings. The summed E-state index contributed by atoms with van der Waals surface area (Å²) in [4.78, 5) is 25.1. The molecule has 0 radical (unpaired) electrons. The largest absolute Gasteiger partial charge is 0.456 e. The molecule has 3 aromatic rings. The van der Waals surface area contributed by atoms with E-state index < -0.39 is 0 Å². The molecule has 5 nitrogen and oxygen atoms in total. The number of carbonyl (C=O) groups excluding carboxylic acids is 1. The average molecular weight is 354 g/mol. The van der Waals surface area contributed by atoms with E-state index in [-0.39, 0.29) is 12.2 Å². The van der Waals surface area contributed by atoms with Crippen molar-refractivity contribution in [2.24, 2.45) is 0 Å². The summed E-state index contributed by atoms with van der Waals surface area (Å²) in [6.07, 6.45) is 3.32. The van der Waals surface area contributed by atoms with E-state index in [1.165, 1.54) is 6.20 Å². The van der Waals surface area contributed by atoms with Gasteiger partial charge in [-0.1, -0.05) is 11.6 Å². The maximum Gasteiger partial charge on any atom is 0.187 e. The Bertz CT molecular complexity index is 894. The van der Waals surface area contributed by atoms with Gasteiger partial charge in [0.05, 0.1) is 17.6 Å². The Balaban J connectivity index is 1.79. The van der Waals surface area contributed by atoms with Crippen LogP contribution in [0.4, 0.5) is 0 Å². The van der Waals surface area contributed by atoms with E-state index in [1.807, 2.05) is 26.0 Å². The Morgan fingerprint density at radius 3 is 2.52 bits per heavy atom. The van der Waals surface area contributed by atoms with Crippen LogP contribution in [0.5, 0.6) is 11.5 Å². The van der Waals surface area contributed by atoms with Gasteiger partial charge in [-0.25, -0.2) is 4.98 Å². The first-order chi connectivity index (χ1) is 12.0. The predicted molar refractivity (Wildman–Crippen MR) is 95.3 cm³/mol. The molecule has 0 saturated carbocycles. The van der Waals surface area contributed by atoms with Crippen molar-refractivity contribution in [3.8, 4) is 11.5 Å². The molecule has 0 spiro atoms. The van der Waals surface area contributed by atoms with E-state index in [1.54, 1.807) is 30.5 Å². The van der Waals surface area contributed by atoms with Crippen molar-refractivity contribution in [3.63, 3.8) is 0 Å². The summed E-state index contributed by atoms with van der Waals surface area (Å²) in [6, 6.07) is 10.5. The van der Waals surface area contributed by atoms with Crippen LogP contribution in [0, 0.1) is 13.8 Å². The fourth-order valence-corrected chi connectivity index (χ4v) is 2.37. The summed E-state index contributed by atoms with van der Waals surface area (Å²) < 4.78 is 5.78. The molecule has 0 N–H and O–H groups in total. The molecule has 3 rings (SSSR count). The number of ketones is 1. The second-order valence-corrected chi connectivity index (χ2v) is 6.07. The minimum absolute atomic E-state index is 0.134. The van der Waals surface area contributed by atoms with Gasteiger partial charge in [0.2, 0.25) is 0 Å². The number of Topliss-reactive ketones (excluding diaryl/α,β-unsaturated/α-hetero) is 1. The standard InChI is InChI=1S/C19H16ClN3O2/c1-12-3-6-16(11-21-12)25-17-7-13(2)23-18(9-17)19(24)8-15-5-4-14(20)10-22-15/h3-7,9-11H,8H2,1-2H3. The number of aryl methyl sites for hydroxylation is 2. The molecule has 0 bridgehead atoms. The Morgan fingerprint density at radius 2 is 1.84 bits per heavy atom. The van der Waals surface area contributed by atoms with Gasteiger partial charge in [-0.3, -0.25) is 14.8 Å².